The van der Waals surface area contributed by atoms with E-state index in [1.807, 2.05) is 30.3 Å². The van der Waals surface area contributed by atoms with Gasteiger partial charge in [-0.15, -0.1) is 0 Å². The van der Waals surface area contributed by atoms with E-state index in [4.69, 9.17) is 20.4 Å². The lowest BCUT2D eigenvalue weighted by atomic mass is 10.1. The molecule has 0 saturated carbocycles. The first kappa shape index (κ1) is 33.5. The topological polar surface area (TPSA) is 176 Å². The summed E-state index contributed by atoms with van der Waals surface area (Å²) in [5.74, 6) is -3.48. The third-order valence-electron chi connectivity index (χ3n) is 6.46. The quantitative estimate of drug-likeness (QED) is 0.244. The minimum atomic E-state index is -5.08. The van der Waals surface area contributed by atoms with Crippen molar-refractivity contribution in [1.29, 1.82) is 0 Å². The zero-order valence-corrected chi connectivity index (χ0v) is 25.0. The summed E-state index contributed by atoms with van der Waals surface area (Å²) in [6, 6.07) is 20.9. The Hall–Kier alpha value is -5.35. The molecule has 3 aromatic carbocycles. The van der Waals surface area contributed by atoms with Gasteiger partial charge < -0.3 is 15.6 Å². The Balaban J connectivity index is 0.000000617. The van der Waals surface area contributed by atoms with Crippen molar-refractivity contribution in [3.8, 4) is 22.5 Å². The monoisotopic (exact) mass is 657 g/mol. The fourth-order valence-corrected chi connectivity index (χ4v) is 5.34. The van der Waals surface area contributed by atoms with Crippen LogP contribution in [0.15, 0.2) is 88.8 Å². The third-order valence-corrected chi connectivity index (χ3v) is 7.60. The van der Waals surface area contributed by atoms with E-state index in [2.05, 4.69) is 10.1 Å². The number of carboxylic acid groups (broad SMARTS) is 1. The number of carbonyl (C=O) groups is 2. The van der Waals surface area contributed by atoms with Gasteiger partial charge in [-0.2, -0.15) is 18.3 Å². The predicted molar refractivity (Wildman–Crippen MR) is 161 cm³/mol. The predicted octanol–water partition coefficient (Wildman–Crippen LogP) is 3.91. The number of halogens is 3. The molecule has 0 amide bonds. The molecule has 0 atom stereocenters. The lowest BCUT2D eigenvalue weighted by molar-refractivity contribution is -0.192. The molecule has 0 aliphatic heterocycles. The Bertz CT molecular complexity index is 2090. The maximum Gasteiger partial charge on any atom is 0.490 e. The smallest absolute Gasteiger partial charge is 0.475 e. The Morgan fingerprint density at radius 3 is 2.24 bits per heavy atom. The fraction of sp³-hybridized carbons (Fsp3) is 0.167. The van der Waals surface area contributed by atoms with Crippen LogP contribution in [0.4, 0.5) is 13.2 Å². The molecule has 16 heteroatoms. The highest BCUT2D eigenvalue weighted by atomic mass is 32.2. The normalized spacial score (nSPS) is 11.5. The van der Waals surface area contributed by atoms with Gasteiger partial charge in [0.2, 0.25) is 0 Å². The summed E-state index contributed by atoms with van der Waals surface area (Å²) in [7, 11) is -3.67. The third kappa shape index (κ3) is 6.97. The van der Waals surface area contributed by atoms with Crippen LogP contribution in [0.25, 0.3) is 33.5 Å². The number of aliphatic carboxylic acids is 1. The van der Waals surface area contributed by atoms with E-state index in [0.29, 0.717) is 16.8 Å². The number of hydrogen-bond acceptors (Lipinski definition) is 9. The van der Waals surface area contributed by atoms with Gasteiger partial charge in [0.1, 0.15) is 11.8 Å². The second kappa shape index (κ2) is 13.3. The standard InChI is InChI=1S/C28H25N5O5S.C2HF3O2/c1-3-38-28(35)25-24-26(33(31-25)22-12-8-7-11-19(22)16-29)27(34)32(17-30-24)20-13-14-21(18-9-5-4-6-10-18)23(15-20)39(2,36)37;3-2(4,5)1(6)7/h4-15,17H,3,16,29H2,1-2H3;(H,6,7). The number of aromatic nitrogens is 4. The minimum absolute atomic E-state index is 0.0227. The van der Waals surface area contributed by atoms with E-state index < -0.39 is 33.5 Å². The van der Waals surface area contributed by atoms with Crippen molar-refractivity contribution < 1.29 is 41.0 Å². The highest BCUT2D eigenvalue weighted by Gasteiger charge is 2.38. The van der Waals surface area contributed by atoms with Crippen LogP contribution in [0.5, 0.6) is 0 Å². The number of sulfone groups is 1. The van der Waals surface area contributed by atoms with Gasteiger partial charge in [-0.05, 0) is 36.2 Å². The van der Waals surface area contributed by atoms with Crippen molar-refractivity contribution in [2.45, 2.75) is 24.5 Å². The molecule has 0 bridgehead atoms. The van der Waals surface area contributed by atoms with E-state index in [1.54, 1.807) is 43.3 Å². The van der Waals surface area contributed by atoms with Crippen molar-refractivity contribution in [3.05, 3.63) is 101 Å². The molecule has 5 aromatic rings. The van der Waals surface area contributed by atoms with Crippen LogP contribution < -0.4 is 11.3 Å². The van der Waals surface area contributed by atoms with Gasteiger partial charge in [0.25, 0.3) is 5.56 Å². The number of carboxylic acids is 1. The van der Waals surface area contributed by atoms with E-state index in [9.17, 15) is 31.2 Å². The molecule has 0 saturated heterocycles. The molecule has 46 heavy (non-hydrogen) atoms. The number of nitrogens with zero attached hydrogens (tertiary/aromatic N) is 4. The zero-order valence-electron chi connectivity index (χ0n) is 24.2. The van der Waals surface area contributed by atoms with Crippen LogP contribution in [0, 0.1) is 0 Å². The van der Waals surface area contributed by atoms with E-state index in [0.717, 1.165) is 11.8 Å². The first-order valence-electron chi connectivity index (χ1n) is 13.3. The van der Waals surface area contributed by atoms with Gasteiger partial charge in [0.15, 0.2) is 21.0 Å². The summed E-state index contributed by atoms with van der Waals surface area (Å²) in [4.78, 5) is 40.0. The highest BCUT2D eigenvalue weighted by molar-refractivity contribution is 7.90. The number of ether oxygens (including phenoxy) is 1. The molecule has 0 aliphatic rings. The van der Waals surface area contributed by atoms with Gasteiger partial charge in [-0.3, -0.25) is 9.36 Å². The molecule has 0 aliphatic carbocycles. The number of para-hydroxylation sites is 1. The molecule has 3 N–H and O–H groups in total. The molecule has 12 nitrogen and oxygen atoms in total. The summed E-state index contributed by atoms with van der Waals surface area (Å²) >= 11 is 0. The number of carbonyl (C=O) groups excluding carboxylic acids is 1. The molecule has 5 rings (SSSR count). The van der Waals surface area contributed by atoms with E-state index in [1.165, 1.54) is 21.6 Å². The van der Waals surface area contributed by atoms with E-state index >= 15 is 0 Å². The van der Waals surface area contributed by atoms with Gasteiger partial charge >= 0.3 is 18.1 Å². The number of alkyl halides is 3. The molecule has 2 heterocycles. The SMILES string of the molecule is CCOC(=O)c1nn(-c2ccccc2CN)c2c(=O)n(-c3ccc(-c4ccccc4)c(S(C)(=O)=O)c3)cnc12.O=C(O)C(F)(F)F. The molecular weight excluding hydrogens is 631 g/mol. The molecule has 0 spiro atoms. The van der Waals surface area contributed by atoms with Crippen LogP contribution >= 0.6 is 0 Å². The van der Waals surface area contributed by atoms with Crippen LogP contribution in [0.2, 0.25) is 0 Å². The number of nitrogens with two attached hydrogens (primary N) is 1. The first-order chi connectivity index (χ1) is 21.7. The Morgan fingerprint density at radius 2 is 1.65 bits per heavy atom. The number of rotatable bonds is 7. The van der Waals surface area contributed by atoms with Crippen LogP contribution in [0.3, 0.4) is 0 Å². The average molecular weight is 658 g/mol. The largest absolute Gasteiger partial charge is 0.490 e. The van der Waals surface area contributed by atoms with Crippen molar-refractivity contribution >= 4 is 32.8 Å². The Morgan fingerprint density at radius 1 is 1.02 bits per heavy atom. The molecule has 0 fully saturated rings. The zero-order chi connectivity index (χ0) is 33.8. The number of fused-ring (bicyclic) bond motifs is 1. The van der Waals surface area contributed by atoms with Crippen molar-refractivity contribution in [2.24, 2.45) is 5.73 Å². The number of benzene rings is 3. The molecule has 0 radical (unpaired) electrons. The summed E-state index contributed by atoms with van der Waals surface area (Å²) in [6.45, 7) is 1.95. The lowest BCUT2D eigenvalue weighted by Gasteiger charge is -2.13. The summed E-state index contributed by atoms with van der Waals surface area (Å²) < 4.78 is 65.0. The second-order valence-electron chi connectivity index (χ2n) is 9.55. The number of esters is 1. The Kier molecular flexibility index (Phi) is 9.72. The summed E-state index contributed by atoms with van der Waals surface area (Å²) in [6.07, 6.45) is -2.72. The van der Waals surface area contributed by atoms with Gasteiger partial charge in [0, 0.05) is 18.4 Å². The van der Waals surface area contributed by atoms with Crippen LogP contribution in [0.1, 0.15) is 23.0 Å². The van der Waals surface area contributed by atoms with Crippen LogP contribution in [-0.4, -0.2) is 63.8 Å². The van der Waals surface area contributed by atoms with Crippen molar-refractivity contribution in [2.75, 3.05) is 12.9 Å². The number of hydrogen-bond donors (Lipinski definition) is 2. The highest BCUT2D eigenvalue weighted by Crippen LogP contribution is 2.30. The van der Waals surface area contributed by atoms with Crippen LogP contribution in [-0.2, 0) is 25.9 Å². The van der Waals surface area contributed by atoms with Gasteiger partial charge in [-0.1, -0.05) is 54.6 Å². The molecule has 240 valence electrons. The maximum absolute atomic E-state index is 14.0. The lowest BCUT2D eigenvalue weighted by Crippen LogP contribution is -2.22. The van der Waals surface area contributed by atoms with Crippen molar-refractivity contribution in [1.82, 2.24) is 19.3 Å². The first-order valence-corrected chi connectivity index (χ1v) is 15.2. The summed E-state index contributed by atoms with van der Waals surface area (Å²) in [5.41, 5.74) is 8.07. The molecule has 2 aromatic heterocycles. The summed E-state index contributed by atoms with van der Waals surface area (Å²) in [5, 5.41) is 11.5. The van der Waals surface area contributed by atoms with Gasteiger partial charge in [0.05, 0.1) is 22.9 Å². The van der Waals surface area contributed by atoms with Crippen molar-refractivity contribution in [3.63, 3.8) is 0 Å². The Labute approximate surface area is 259 Å². The van der Waals surface area contributed by atoms with Gasteiger partial charge in [-0.25, -0.2) is 27.7 Å². The maximum atomic E-state index is 14.0. The van der Waals surface area contributed by atoms with E-state index in [-0.39, 0.29) is 40.5 Å². The second-order valence-corrected chi connectivity index (χ2v) is 11.5. The molecule has 0 unspecified atom stereocenters. The average Bonchev–Trinajstić information content (AvgIpc) is 3.41. The molecular formula is C30H26F3N5O7S. The minimum Gasteiger partial charge on any atom is -0.475 e. The fourth-order valence-electron chi connectivity index (χ4n) is 4.42.